The molecule has 7 heteroatoms. The van der Waals surface area contributed by atoms with Gasteiger partial charge in [-0.3, -0.25) is 4.79 Å². The van der Waals surface area contributed by atoms with Crippen LogP contribution < -0.4 is 10.1 Å². The van der Waals surface area contributed by atoms with E-state index in [0.29, 0.717) is 36.7 Å². The maximum Gasteiger partial charge on any atom is 0.416 e. The third kappa shape index (κ3) is 3.69. The summed E-state index contributed by atoms with van der Waals surface area (Å²) in [5.74, 6) is -0.139. The Morgan fingerprint density at radius 1 is 1.13 bits per heavy atom. The molecule has 2 unspecified atom stereocenters. The molecule has 5 rings (SSSR count). The zero-order chi connectivity index (χ0) is 20.9. The Morgan fingerprint density at radius 2 is 1.97 bits per heavy atom. The number of hydrogen-bond donors (Lipinski definition) is 1. The van der Waals surface area contributed by atoms with Gasteiger partial charge in [0.05, 0.1) is 24.4 Å². The first-order valence-electron chi connectivity index (χ1n) is 10.0. The average Bonchev–Trinajstić information content (AvgIpc) is 3.48. The molecule has 0 bridgehead atoms. The van der Waals surface area contributed by atoms with Gasteiger partial charge in [-0.1, -0.05) is 18.2 Å². The second-order valence-corrected chi connectivity index (χ2v) is 7.88. The van der Waals surface area contributed by atoms with Gasteiger partial charge >= 0.3 is 6.18 Å². The number of benzene rings is 2. The lowest BCUT2D eigenvalue weighted by Crippen LogP contribution is -2.17. The van der Waals surface area contributed by atoms with Crippen molar-refractivity contribution in [3.63, 3.8) is 0 Å². The van der Waals surface area contributed by atoms with Crippen LogP contribution in [0.3, 0.4) is 0 Å². The lowest BCUT2D eigenvalue weighted by atomic mass is 9.90. The second kappa shape index (κ2) is 7.16. The second-order valence-electron chi connectivity index (χ2n) is 7.88. The van der Waals surface area contributed by atoms with E-state index in [2.05, 4.69) is 11.4 Å². The Kier molecular flexibility index (Phi) is 4.58. The number of epoxide rings is 1. The quantitative estimate of drug-likeness (QED) is 0.568. The molecule has 3 aliphatic rings. The van der Waals surface area contributed by atoms with Gasteiger partial charge in [0.2, 0.25) is 5.91 Å². The van der Waals surface area contributed by atoms with E-state index >= 15 is 0 Å². The van der Waals surface area contributed by atoms with Gasteiger partial charge < -0.3 is 14.8 Å². The van der Waals surface area contributed by atoms with Crippen LogP contribution in [0.25, 0.3) is 5.57 Å². The highest BCUT2D eigenvalue weighted by atomic mass is 19.4. The van der Waals surface area contributed by atoms with Crippen molar-refractivity contribution in [2.24, 2.45) is 0 Å². The molecule has 30 heavy (non-hydrogen) atoms. The van der Waals surface area contributed by atoms with Gasteiger partial charge in [0, 0.05) is 30.2 Å². The van der Waals surface area contributed by atoms with Crippen LogP contribution in [-0.2, 0) is 28.5 Å². The van der Waals surface area contributed by atoms with Crippen molar-refractivity contribution in [3.05, 3.63) is 64.7 Å². The number of amides is 1. The summed E-state index contributed by atoms with van der Waals surface area (Å²) < 4.78 is 50.2. The van der Waals surface area contributed by atoms with Gasteiger partial charge in [-0.05, 0) is 47.7 Å². The standard InChI is InChI=1S/C23H20F3NO3/c24-23(25,26)15-6-7-16-14(4-2-8-29-19(16)11-15)10-22(28)27-18-5-1-3-13-9-20-21(30-20)12-17(13)18/h1,3,5-7,10-11,20-21H,2,4,8-9,12H2,(H,27,28)/b14-10+. The summed E-state index contributed by atoms with van der Waals surface area (Å²) >= 11 is 0. The summed E-state index contributed by atoms with van der Waals surface area (Å²) in [6, 6.07) is 9.26. The molecule has 156 valence electrons. The third-order valence-corrected chi connectivity index (χ3v) is 5.85. The number of alkyl halides is 3. The predicted molar refractivity (Wildman–Crippen MR) is 105 cm³/mol. The molecule has 1 aliphatic carbocycles. The van der Waals surface area contributed by atoms with Gasteiger partial charge in [-0.25, -0.2) is 0 Å². The molecule has 0 radical (unpaired) electrons. The molecule has 1 amide bonds. The number of ether oxygens (including phenoxy) is 2. The maximum atomic E-state index is 13.0. The van der Waals surface area contributed by atoms with Crippen LogP contribution in [0.1, 0.15) is 35.1 Å². The van der Waals surface area contributed by atoms with Crippen LogP contribution in [-0.4, -0.2) is 24.7 Å². The van der Waals surface area contributed by atoms with Gasteiger partial charge in [-0.2, -0.15) is 13.2 Å². The molecule has 1 fully saturated rings. The van der Waals surface area contributed by atoms with Gasteiger partial charge in [0.15, 0.2) is 0 Å². The highest BCUT2D eigenvalue weighted by molar-refractivity contribution is 6.04. The summed E-state index contributed by atoms with van der Waals surface area (Å²) in [6.45, 7) is 0.308. The van der Waals surface area contributed by atoms with Crippen LogP contribution in [0.15, 0.2) is 42.5 Å². The minimum Gasteiger partial charge on any atom is -0.493 e. The molecule has 4 nitrogen and oxygen atoms in total. The van der Waals surface area contributed by atoms with Gasteiger partial charge in [-0.15, -0.1) is 0 Å². The monoisotopic (exact) mass is 415 g/mol. The molecular formula is C23H20F3NO3. The Bertz CT molecular complexity index is 1040. The normalized spacial score (nSPS) is 23.5. The van der Waals surface area contributed by atoms with Crippen LogP contribution in [0.5, 0.6) is 5.75 Å². The van der Waals surface area contributed by atoms with Crippen molar-refractivity contribution in [3.8, 4) is 5.75 Å². The summed E-state index contributed by atoms with van der Waals surface area (Å²) in [4.78, 5) is 12.8. The Labute approximate surface area is 171 Å². The number of carbonyl (C=O) groups is 1. The Morgan fingerprint density at radius 3 is 2.80 bits per heavy atom. The van der Waals surface area contributed by atoms with Crippen LogP contribution in [0.4, 0.5) is 18.9 Å². The molecule has 0 spiro atoms. The molecule has 2 atom stereocenters. The minimum absolute atomic E-state index is 0.162. The maximum absolute atomic E-state index is 13.0. The first-order valence-corrected chi connectivity index (χ1v) is 10.0. The highest BCUT2D eigenvalue weighted by Crippen LogP contribution is 2.40. The molecule has 0 aromatic heterocycles. The number of anilines is 1. The number of rotatable bonds is 2. The molecule has 0 saturated carbocycles. The minimum atomic E-state index is -4.44. The van der Waals surface area contributed by atoms with E-state index in [0.717, 1.165) is 36.2 Å². The zero-order valence-corrected chi connectivity index (χ0v) is 16.1. The molecule has 2 aliphatic heterocycles. The fourth-order valence-electron chi connectivity index (χ4n) is 4.28. The first-order chi connectivity index (χ1) is 14.4. The summed E-state index contributed by atoms with van der Waals surface area (Å²) in [7, 11) is 0. The van der Waals surface area contributed by atoms with E-state index in [1.165, 1.54) is 17.7 Å². The van der Waals surface area contributed by atoms with Gasteiger partial charge in [0.1, 0.15) is 5.75 Å². The topological polar surface area (TPSA) is 50.9 Å². The van der Waals surface area contributed by atoms with Crippen LogP contribution in [0, 0.1) is 0 Å². The fraction of sp³-hybridized carbons (Fsp3) is 0.348. The summed E-state index contributed by atoms with van der Waals surface area (Å²) in [5, 5.41) is 2.95. The molecule has 1 N–H and O–H groups in total. The van der Waals surface area contributed by atoms with Gasteiger partial charge in [0.25, 0.3) is 0 Å². The number of hydrogen-bond acceptors (Lipinski definition) is 3. The van der Waals surface area contributed by atoms with Crippen LogP contribution >= 0.6 is 0 Å². The van der Waals surface area contributed by atoms with E-state index in [1.54, 1.807) is 0 Å². The number of fused-ring (bicyclic) bond motifs is 3. The van der Waals surface area contributed by atoms with E-state index in [-0.39, 0.29) is 17.8 Å². The highest BCUT2D eigenvalue weighted by Gasteiger charge is 2.43. The molecular weight excluding hydrogens is 395 g/mol. The first kappa shape index (κ1) is 19.2. The zero-order valence-electron chi connectivity index (χ0n) is 16.1. The van der Waals surface area contributed by atoms with Crippen molar-refractivity contribution in [1.29, 1.82) is 0 Å². The Balaban J connectivity index is 1.41. The molecule has 1 saturated heterocycles. The number of carbonyl (C=O) groups excluding carboxylic acids is 1. The van der Waals surface area contributed by atoms with E-state index in [9.17, 15) is 18.0 Å². The third-order valence-electron chi connectivity index (χ3n) is 5.85. The van der Waals surface area contributed by atoms with E-state index in [4.69, 9.17) is 9.47 Å². The summed E-state index contributed by atoms with van der Waals surface area (Å²) in [6.07, 6.45) is 0.382. The molecule has 2 heterocycles. The number of halogens is 3. The van der Waals surface area contributed by atoms with Crippen molar-refractivity contribution < 1.29 is 27.4 Å². The number of nitrogens with one attached hydrogen (secondary N) is 1. The van der Waals surface area contributed by atoms with Crippen molar-refractivity contribution in [2.75, 3.05) is 11.9 Å². The number of allylic oxidation sites excluding steroid dienone is 1. The predicted octanol–water partition coefficient (Wildman–Crippen LogP) is 4.77. The van der Waals surface area contributed by atoms with Crippen molar-refractivity contribution in [2.45, 2.75) is 44.1 Å². The van der Waals surface area contributed by atoms with E-state index in [1.807, 2.05) is 12.1 Å². The van der Waals surface area contributed by atoms with Crippen molar-refractivity contribution >= 4 is 17.2 Å². The Hall–Kier alpha value is -2.80. The molecule has 2 aromatic rings. The largest absolute Gasteiger partial charge is 0.493 e. The van der Waals surface area contributed by atoms with E-state index < -0.39 is 11.7 Å². The van der Waals surface area contributed by atoms with Crippen LogP contribution in [0.2, 0.25) is 0 Å². The fourth-order valence-corrected chi connectivity index (χ4v) is 4.28. The lowest BCUT2D eigenvalue weighted by Gasteiger charge is -2.17. The smallest absolute Gasteiger partial charge is 0.416 e. The summed E-state index contributed by atoms with van der Waals surface area (Å²) in [5.41, 5.74) is 3.49. The van der Waals surface area contributed by atoms with Crippen molar-refractivity contribution in [1.82, 2.24) is 0 Å². The molecule has 2 aromatic carbocycles. The average molecular weight is 415 g/mol. The SMILES string of the molecule is O=C(/C=C1\CCCOc2cc(C(F)(F)F)ccc21)Nc1cccc2c1CC1OC1C2. The lowest BCUT2D eigenvalue weighted by molar-refractivity contribution is -0.137.